The Balaban J connectivity index is 1.76. The van der Waals surface area contributed by atoms with Crippen LogP contribution in [-0.2, 0) is 6.54 Å². The van der Waals surface area contributed by atoms with E-state index < -0.39 is 0 Å². The molecule has 120 valence electrons. The summed E-state index contributed by atoms with van der Waals surface area (Å²) in [5.41, 5.74) is 2.86. The number of benzene rings is 2. The fraction of sp³-hybridized carbons (Fsp3) is 0.300. The first-order valence-corrected chi connectivity index (χ1v) is 7.99. The summed E-state index contributed by atoms with van der Waals surface area (Å²) in [7, 11) is 1.58. The summed E-state index contributed by atoms with van der Waals surface area (Å²) in [4.78, 5) is 2.30. The van der Waals surface area contributed by atoms with Gasteiger partial charge in [0.15, 0.2) is 0 Å². The van der Waals surface area contributed by atoms with Crippen molar-refractivity contribution < 1.29 is 4.74 Å². The van der Waals surface area contributed by atoms with Crippen LogP contribution in [0.25, 0.3) is 0 Å². The Morgan fingerprint density at radius 3 is 2.58 bits per heavy atom. The van der Waals surface area contributed by atoms with Gasteiger partial charge in [-0.2, -0.15) is 10.5 Å². The Hall–Kier alpha value is -2.82. The molecule has 0 saturated carbocycles. The van der Waals surface area contributed by atoms with Crippen molar-refractivity contribution in [3.63, 3.8) is 0 Å². The maximum atomic E-state index is 9.50. The van der Waals surface area contributed by atoms with Crippen LogP contribution >= 0.6 is 0 Å². The van der Waals surface area contributed by atoms with E-state index in [1.807, 2.05) is 30.3 Å². The van der Waals surface area contributed by atoms with Gasteiger partial charge < -0.3 is 4.74 Å². The van der Waals surface area contributed by atoms with Crippen molar-refractivity contribution in [2.45, 2.75) is 12.5 Å². The SMILES string of the molecule is COc1cc(CN2C[C@@H](C#N)[C@H](c3ccccc3)C2)ccc1C#N. The maximum absolute atomic E-state index is 9.50. The van der Waals surface area contributed by atoms with Gasteiger partial charge in [-0.1, -0.05) is 36.4 Å². The van der Waals surface area contributed by atoms with Crippen LogP contribution in [0.2, 0.25) is 0 Å². The van der Waals surface area contributed by atoms with Gasteiger partial charge in [0.2, 0.25) is 0 Å². The van der Waals surface area contributed by atoms with E-state index in [9.17, 15) is 5.26 Å². The van der Waals surface area contributed by atoms with Crippen molar-refractivity contribution >= 4 is 0 Å². The third-order valence-electron chi connectivity index (χ3n) is 4.58. The van der Waals surface area contributed by atoms with Gasteiger partial charge in [-0.25, -0.2) is 0 Å². The molecule has 0 aliphatic carbocycles. The molecule has 4 nitrogen and oxygen atoms in total. The summed E-state index contributed by atoms with van der Waals surface area (Å²) < 4.78 is 5.28. The van der Waals surface area contributed by atoms with Crippen LogP contribution < -0.4 is 4.74 Å². The predicted molar refractivity (Wildman–Crippen MR) is 91.3 cm³/mol. The zero-order valence-electron chi connectivity index (χ0n) is 13.6. The standard InChI is InChI=1S/C20H19N3O/c1-24-20-9-15(7-8-17(20)10-21)12-23-13-18(11-22)19(14-23)16-5-3-2-4-6-16/h2-9,18-19H,12-14H2,1H3/t18-,19+/m1/s1. The average Bonchev–Trinajstić information content (AvgIpc) is 3.05. The van der Waals surface area contributed by atoms with Gasteiger partial charge in [-0.05, 0) is 23.3 Å². The van der Waals surface area contributed by atoms with E-state index in [1.54, 1.807) is 13.2 Å². The Morgan fingerprint density at radius 2 is 1.92 bits per heavy atom. The highest BCUT2D eigenvalue weighted by molar-refractivity contribution is 5.45. The van der Waals surface area contributed by atoms with Crippen molar-refractivity contribution in [2.75, 3.05) is 20.2 Å². The smallest absolute Gasteiger partial charge is 0.136 e. The molecule has 2 aromatic carbocycles. The zero-order chi connectivity index (χ0) is 16.9. The minimum Gasteiger partial charge on any atom is -0.495 e. The van der Waals surface area contributed by atoms with Crippen molar-refractivity contribution in [3.8, 4) is 17.9 Å². The van der Waals surface area contributed by atoms with Crippen molar-refractivity contribution in [1.29, 1.82) is 10.5 Å². The molecule has 1 aliphatic rings. The van der Waals surface area contributed by atoms with E-state index in [1.165, 1.54) is 5.56 Å². The summed E-state index contributed by atoms with van der Waals surface area (Å²) in [5.74, 6) is 0.856. The average molecular weight is 317 g/mol. The van der Waals surface area contributed by atoms with E-state index in [-0.39, 0.29) is 11.8 Å². The first-order chi connectivity index (χ1) is 11.7. The lowest BCUT2D eigenvalue weighted by molar-refractivity contribution is 0.321. The van der Waals surface area contributed by atoms with Crippen LogP contribution in [0.5, 0.6) is 5.75 Å². The minimum absolute atomic E-state index is 0.00711. The Morgan fingerprint density at radius 1 is 1.12 bits per heavy atom. The second-order valence-corrected chi connectivity index (χ2v) is 6.09. The molecule has 0 amide bonds. The molecule has 24 heavy (non-hydrogen) atoms. The number of ether oxygens (including phenoxy) is 1. The molecule has 4 heteroatoms. The van der Waals surface area contributed by atoms with Gasteiger partial charge in [0, 0.05) is 25.6 Å². The molecule has 0 bridgehead atoms. The van der Waals surface area contributed by atoms with Crippen molar-refractivity contribution in [3.05, 3.63) is 65.2 Å². The predicted octanol–water partition coefficient (Wildman–Crippen LogP) is 3.31. The van der Waals surface area contributed by atoms with E-state index in [0.717, 1.165) is 25.2 Å². The fourth-order valence-electron chi connectivity index (χ4n) is 3.37. The lowest BCUT2D eigenvalue weighted by Crippen LogP contribution is -2.20. The Kier molecular flexibility index (Phi) is 4.79. The van der Waals surface area contributed by atoms with E-state index >= 15 is 0 Å². The van der Waals surface area contributed by atoms with Crippen LogP contribution in [0.15, 0.2) is 48.5 Å². The van der Waals surface area contributed by atoms with Crippen LogP contribution in [-0.4, -0.2) is 25.1 Å². The highest BCUT2D eigenvalue weighted by Gasteiger charge is 2.33. The lowest BCUT2D eigenvalue weighted by atomic mass is 9.90. The highest BCUT2D eigenvalue weighted by Crippen LogP contribution is 2.33. The second kappa shape index (κ2) is 7.17. The number of nitriles is 2. The summed E-state index contributed by atoms with van der Waals surface area (Å²) in [6.07, 6.45) is 0. The summed E-state index contributed by atoms with van der Waals surface area (Å²) >= 11 is 0. The van der Waals surface area contributed by atoms with Gasteiger partial charge in [-0.15, -0.1) is 0 Å². The summed E-state index contributed by atoms with van der Waals surface area (Å²) in [6.45, 7) is 2.38. The minimum atomic E-state index is 0.00711. The number of rotatable bonds is 4. The fourth-order valence-corrected chi connectivity index (χ4v) is 3.37. The molecule has 0 N–H and O–H groups in total. The molecular formula is C20H19N3O. The van der Waals surface area contributed by atoms with E-state index in [0.29, 0.717) is 11.3 Å². The molecule has 0 radical (unpaired) electrons. The molecule has 0 aromatic heterocycles. The van der Waals surface area contributed by atoms with Gasteiger partial charge in [0.25, 0.3) is 0 Å². The molecule has 2 atom stereocenters. The first kappa shape index (κ1) is 16.1. The van der Waals surface area contributed by atoms with Gasteiger partial charge >= 0.3 is 0 Å². The number of hydrogen-bond acceptors (Lipinski definition) is 4. The van der Waals surface area contributed by atoms with E-state index in [4.69, 9.17) is 10.00 Å². The second-order valence-electron chi connectivity index (χ2n) is 6.09. The quantitative estimate of drug-likeness (QED) is 0.868. The van der Waals surface area contributed by atoms with Gasteiger partial charge in [0.05, 0.1) is 24.7 Å². The van der Waals surface area contributed by atoms with Gasteiger partial charge in [0.1, 0.15) is 11.8 Å². The largest absolute Gasteiger partial charge is 0.495 e. The lowest BCUT2D eigenvalue weighted by Gasteiger charge is -2.17. The molecule has 0 spiro atoms. The Labute approximate surface area is 142 Å². The third-order valence-corrected chi connectivity index (χ3v) is 4.58. The molecule has 3 rings (SSSR count). The molecule has 1 fully saturated rings. The molecule has 1 aliphatic heterocycles. The Bertz CT molecular complexity index is 789. The maximum Gasteiger partial charge on any atom is 0.136 e. The summed E-state index contributed by atoms with van der Waals surface area (Å²) in [5, 5.41) is 18.6. The van der Waals surface area contributed by atoms with Crippen LogP contribution in [0.4, 0.5) is 0 Å². The normalized spacial score (nSPS) is 20.3. The molecule has 0 unspecified atom stereocenters. The molecule has 1 saturated heterocycles. The van der Waals surface area contributed by atoms with Crippen molar-refractivity contribution in [1.82, 2.24) is 4.90 Å². The first-order valence-electron chi connectivity index (χ1n) is 7.99. The zero-order valence-corrected chi connectivity index (χ0v) is 13.6. The number of nitrogens with zero attached hydrogens (tertiary/aromatic N) is 3. The molecule has 1 heterocycles. The number of likely N-dealkylation sites (tertiary alicyclic amines) is 1. The highest BCUT2D eigenvalue weighted by atomic mass is 16.5. The summed E-state index contributed by atoms with van der Waals surface area (Å²) in [6, 6.07) is 20.5. The van der Waals surface area contributed by atoms with E-state index in [2.05, 4.69) is 29.2 Å². The van der Waals surface area contributed by atoms with Crippen molar-refractivity contribution in [2.24, 2.45) is 5.92 Å². The molecule has 2 aromatic rings. The number of hydrogen-bond donors (Lipinski definition) is 0. The van der Waals surface area contributed by atoms with Gasteiger partial charge in [-0.3, -0.25) is 4.90 Å². The topological polar surface area (TPSA) is 60.0 Å². The monoisotopic (exact) mass is 317 g/mol. The third kappa shape index (κ3) is 3.25. The van der Waals surface area contributed by atoms with Crippen LogP contribution in [0.3, 0.4) is 0 Å². The van der Waals surface area contributed by atoms with Crippen LogP contribution in [0, 0.1) is 28.6 Å². The molecular weight excluding hydrogens is 298 g/mol. The number of methoxy groups -OCH3 is 1. The van der Waals surface area contributed by atoms with Crippen LogP contribution in [0.1, 0.15) is 22.6 Å².